The van der Waals surface area contributed by atoms with Crippen LogP contribution in [0.5, 0.6) is 0 Å². The Kier molecular flexibility index (Phi) is 7.43. The molecule has 0 aliphatic heterocycles. The second-order valence-corrected chi connectivity index (χ2v) is 6.64. The summed E-state index contributed by atoms with van der Waals surface area (Å²) in [7, 11) is 0. The summed E-state index contributed by atoms with van der Waals surface area (Å²) in [6.45, 7) is 3.60. The first-order valence-electron chi connectivity index (χ1n) is 8.08. The van der Waals surface area contributed by atoms with E-state index in [1.165, 1.54) is 32.1 Å². The lowest BCUT2D eigenvalue weighted by Gasteiger charge is -2.22. The molecule has 2 N–H and O–H groups in total. The summed E-state index contributed by atoms with van der Waals surface area (Å²) in [6.07, 6.45) is 7.89. The van der Waals surface area contributed by atoms with Gasteiger partial charge in [-0.25, -0.2) is 0 Å². The average molecular weight is 341 g/mol. The molecule has 5 heteroatoms. The van der Waals surface area contributed by atoms with Crippen LogP contribution in [0.4, 0.5) is 5.69 Å². The summed E-state index contributed by atoms with van der Waals surface area (Å²) in [6, 6.07) is 5.84. The van der Waals surface area contributed by atoms with Crippen LogP contribution in [-0.2, 0) is 4.74 Å². The second-order valence-electron chi connectivity index (χ2n) is 5.83. The first-order chi connectivity index (χ1) is 10.6. The summed E-state index contributed by atoms with van der Waals surface area (Å²) >= 11 is 11.4. The molecule has 0 atom stereocenters. The highest BCUT2D eigenvalue weighted by molar-refractivity contribution is 7.80. The lowest BCUT2D eigenvalue weighted by Crippen LogP contribution is -2.30. The van der Waals surface area contributed by atoms with Crippen molar-refractivity contribution in [1.82, 2.24) is 5.32 Å². The summed E-state index contributed by atoms with van der Waals surface area (Å²) < 4.78 is 5.89. The van der Waals surface area contributed by atoms with Crippen molar-refractivity contribution in [3.05, 3.63) is 28.8 Å². The number of halogens is 1. The molecule has 2 rings (SSSR count). The summed E-state index contributed by atoms with van der Waals surface area (Å²) in [5.41, 5.74) is 1.97. The Bertz CT molecular complexity index is 490. The number of anilines is 1. The van der Waals surface area contributed by atoms with E-state index in [9.17, 15) is 0 Å². The molecule has 0 unspecified atom stereocenters. The largest absolute Gasteiger partial charge is 0.378 e. The van der Waals surface area contributed by atoms with Gasteiger partial charge in [0.15, 0.2) is 5.11 Å². The van der Waals surface area contributed by atoms with Crippen LogP contribution in [0.1, 0.15) is 44.1 Å². The van der Waals surface area contributed by atoms with Crippen LogP contribution in [-0.4, -0.2) is 24.4 Å². The maximum absolute atomic E-state index is 6.10. The maximum atomic E-state index is 6.10. The van der Waals surface area contributed by atoms with E-state index in [-0.39, 0.29) is 0 Å². The zero-order chi connectivity index (χ0) is 15.8. The molecular weight excluding hydrogens is 316 g/mol. The minimum atomic E-state index is 0.480. The van der Waals surface area contributed by atoms with Gasteiger partial charge in [0.1, 0.15) is 0 Å². The van der Waals surface area contributed by atoms with Gasteiger partial charge < -0.3 is 15.4 Å². The van der Waals surface area contributed by atoms with Gasteiger partial charge in [0.05, 0.1) is 6.10 Å². The number of ether oxygens (including phenoxy) is 1. The molecule has 122 valence electrons. The molecule has 1 aliphatic carbocycles. The Labute approximate surface area is 143 Å². The van der Waals surface area contributed by atoms with Gasteiger partial charge in [-0.2, -0.15) is 0 Å². The Balaban J connectivity index is 1.58. The third kappa shape index (κ3) is 6.11. The van der Waals surface area contributed by atoms with E-state index >= 15 is 0 Å². The minimum Gasteiger partial charge on any atom is -0.378 e. The van der Waals surface area contributed by atoms with Crippen LogP contribution in [0.15, 0.2) is 18.2 Å². The number of hydrogen-bond acceptors (Lipinski definition) is 2. The predicted octanol–water partition coefficient (Wildman–Crippen LogP) is 4.67. The van der Waals surface area contributed by atoms with Crippen molar-refractivity contribution in [2.45, 2.75) is 51.6 Å². The van der Waals surface area contributed by atoms with E-state index < -0.39 is 0 Å². The molecule has 22 heavy (non-hydrogen) atoms. The lowest BCUT2D eigenvalue weighted by molar-refractivity contribution is 0.0277. The number of benzene rings is 1. The molecule has 1 aromatic rings. The van der Waals surface area contributed by atoms with Crippen molar-refractivity contribution in [3.63, 3.8) is 0 Å². The molecule has 0 radical (unpaired) electrons. The Morgan fingerprint density at radius 3 is 2.82 bits per heavy atom. The fraction of sp³-hybridized carbons (Fsp3) is 0.588. The summed E-state index contributed by atoms with van der Waals surface area (Å²) in [5.74, 6) is 0. The van der Waals surface area contributed by atoms with E-state index in [4.69, 9.17) is 28.6 Å². The standard InChI is InChI=1S/C17H25ClN2OS/c1-13-8-9-14(12-16(13)18)20-17(22)19-10-5-11-21-15-6-3-2-4-7-15/h8-9,12,15H,2-7,10-11H2,1H3,(H2,19,20,22). The van der Waals surface area contributed by atoms with Crippen molar-refractivity contribution < 1.29 is 4.74 Å². The van der Waals surface area contributed by atoms with E-state index in [1.807, 2.05) is 25.1 Å². The Morgan fingerprint density at radius 1 is 1.32 bits per heavy atom. The smallest absolute Gasteiger partial charge is 0.170 e. The van der Waals surface area contributed by atoms with Crippen molar-refractivity contribution >= 4 is 34.6 Å². The fourth-order valence-corrected chi connectivity index (χ4v) is 3.00. The minimum absolute atomic E-state index is 0.480. The van der Waals surface area contributed by atoms with Crippen LogP contribution in [0.25, 0.3) is 0 Å². The Morgan fingerprint density at radius 2 is 2.09 bits per heavy atom. The molecule has 1 saturated carbocycles. The quantitative estimate of drug-likeness (QED) is 0.582. The SMILES string of the molecule is Cc1ccc(NC(=S)NCCCOC2CCCCC2)cc1Cl. The zero-order valence-corrected chi connectivity index (χ0v) is 14.7. The zero-order valence-electron chi connectivity index (χ0n) is 13.2. The fourth-order valence-electron chi connectivity index (χ4n) is 2.60. The van der Waals surface area contributed by atoms with Gasteiger partial charge in [-0.3, -0.25) is 0 Å². The molecule has 0 aromatic heterocycles. The predicted molar refractivity (Wildman–Crippen MR) is 97.9 cm³/mol. The molecule has 1 aromatic carbocycles. The van der Waals surface area contributed by atoms with Gasteiger partial charge >= 0.3 is 0 Å². The van der Waals surface area contributed by atoms with E-state index in [0.717, 1.165) is 35.8 Å². The van der Waals surface area contributed by atoms with Crippen LogP contribution in [0.2, 0.25) is 5.02 Å². The van der Waals surface area contributed by atoms with Crippen molar-refractivity contribution in [1.29, 1.82) is 0 Å². The van der Waals surface area contributed by atoms with Crippen molar-refractivity contribution in [3.8, 4) is 0 Å². The highest BCUT2D eigenvalue weighted by Gasteiger charge is 2.12. The molecule has 0 amide bonds. The van der Waals surface area contributed by atoms with Crippen LogP contribution < -0.4 is 10.6 Å². The molecule has 0 saturated heterocycles. The van der Waals surface area contributed by atoms with Gasteiger partial charge in [0, 0.05) is 23.9 Å². The first kappa shape index (κ1) is 17.5. The number of aryl methyl sites for hydroxylation is 1. The van der Waals surface area contributed by atoms with Gasteiger partial charge in [0.25, 0.3) is 0 Å². The van der Waals surface area contributed by atoms with E-state index in [2.05, 4.69) is 10.6 Å². The van der Waals surface area contributed by atoms with Crippen molar-refractivity contribution in [2.24, 2.45) is 0 Å². The van der Waals surface area contributed by atoms with E-state index in [1.54, 1.807) is 0 Å². The monoisotopic (exact) mass is 340 g/mol. The van der Waals surface area contributed by atoms with E-state index in [0.29, 0.717) is 11.2 Å². The number of hydrogen-bond donors (Lipinski definition) is 2. The van der Waals surface area contributed by atoms with Gasteiger partial charge in [-0.1, -0.05) is 36.9 Å². The van der Waals surface area contributed by atoms with Crippen LogP contribution in [0, 0.1) is 6.92 Å². The molecule has 1 aliphatic rings. The highest BCUT2D eigenvalue weighted by Crippen LogP contribution is 2.20. The molecule has 3 nitrogen and oxygen atoms in total. The summed E-state index contributed by atoms with van der Waals surface area (Å²) in [4.78, 5) is 0. The number of thiocarbonyl (C=S) groups is 1. The summed E-state index contributed by atoms with van der Waals surface area (Å²) in [5, 5.41) is 7.71. The maximum Gasteiger partial charge on any atom is 0.170 e. The third-order valence-electron chi connectivity index (χ3n) is 3.94. The molecule has 0 bridgehead atoms. The molecular formula is C17H25ClN2OS. The van der Waals surface area contributed by atoms with Gasteiger partial charge in [0.2, 0.25) is 0 Å². The average Bonchev–Trinajstić information content (AvgIpc) is 2.52. The Hall–Kier alpha value is -0.840. The van der Waals surface area contributed by atoms with Crippen LogP contribution >= 0.6 is 23.8 Å². The molecule has 1 fully saturated rings. The molecule has 0 spiro atoms. The van der Waals surface area contributed by atoms with Gasteiger partial charge in [-0.05, 0) is 56.1 Å². The lowest BCUT2D eigenvalue weighted by atomic mass is 9.98. The number of nitrogens with one attached hydrogen (secondary N) is 2. The van der Waals surface area contributed by atoms with Crippen molar-refractivity contribution in [2.75, 3.05) is 18.5 Å². The number of rotatable bonds is 6. The highest BCUT2D eigenvalue weighted by atomic mass is 35.5. The first-order valence-corrected chi connectivity index (χ1v) is 8.86. The second kappa shape index (κ2) is 9.33. The van der Waals surface area contributed by atoms with Gasteiger partial charge in [-0.15, -0.1) is 0 Å². The topological polar surface area (TPSA) is 33.3 Å². The normalized spacial score (nSPS) is 15.5. The molecule has 0 heterocycles. The van der Waals surface area contributed by atoms with Crippen LogP contribution in [0.3, 0.4) is 0 Å². The third-order valence-corrected chi connectivity index (χ3v) is 4.60.